The van der Waals surface area contributed by atoms with Gasteiger partial charge >= 0.3 is 12.0 Å². The molecule has 2 aromatic rings. The third-order valence-corrected chi connectivity index (χ3v) is 9.00. The predicted molar refractivity (Wildman–Crippen MR) is 135 cm³/mol. The van der Waals surface area contributed by atoms with Crippen LogP contribution < -0.4 is 4.90 Å². The highest BCUT2D eigenvalue weighted by Gasteiger charge is 2.42. The summed E-state index contributed by atoms with van der Waals surface area (Å²) in [6.45, 7) is 8.06. The second-order valence-electron chi connectivity index (χ2n) is 10.9. The zero-order valence-electron chi connectivity index (χ0n) is 20.3. The number of amides is 1. The first-order valence-corrected chi connectivity index (χ1v) is 13.2. The Labute approximate surface area is 215 Å². The zero-order valence-corrected chi connectivity index (χ0v) is 21.1. The molecule has 2 atom stereocenters. The van der Waals surface area contributed by atoms with Gasteiger partial charge in [0.05, 0.1) is 13.2 Å². The Bertz CT molecular complexity index is 1150. The van der Waals surface area contributed by atoms with Crippen molar-refractivity contribution >= 4 is 29.3 Å². The maximum atomic E-state index is 12.8. The second-order valence-corrected chi connectivity index (χ2v) is 11.3. The summed E-state index contributed by atoms with van der Waals surface area (Å²) in [5, 5.41) is 13.8. The number of carbonyl (C=O) groups is 2. The number of carbonyl (C=O) groups excluding carboxylic acids is 1. The fourth-order valence-corrected chi connectivity index (χ4v) is 6.67. The lowest BCUT2D eigenvalue weighted by Gasteiger charge is -2.39. The van der Waals surface area contributed by atoms with Crippen molar-refractivity contribution in [2.45, 2.75) is 25.8 Å². The van der Waals surface area contributed by atoms with E-state index in [1.54, 1.807) is 4.90 Å². The van der Waals surface area contributed by atoms with Gasteiger partial charge < -0.3 is 19.6 Å². The van der Waals surface area contributed by atoms with Crippen molar-refractivity contribution in [3.05, 3.63) is 46.7 Å². The van der Waals surface area contributed by atoms with Gasteiger partial charge in [-0.1, -0.05) is 17.7 Å². The first-order valence-electron chi connectivity index (χ1n) is 12.8. The molecule has 10 heteroatoms. The van der Waals surface area contributed by atoms with Crippen LogP contribution in [0, 0.1) is 17.3 Å². The SMILES string of the molecule is O=C(O)c1ccn(C(=O)N2CCC3(CCN(Cc4ccc(N5CC6COCC6C5)cc4Cl)C3)CC2)n1. The average molecular weight is 514 g/mol. The lowest BCUT2D eigenvalue weighted by molar-refractivity contribution is 0.0689. The van der Waals surface area contributed by atoms with Crippen LogP contribution in [-0.2, 0) is 11.3 Å². The van der Waals surface area contributed by atoms with Gasteiger partial charge in [0.2, 0.25) is 0 Å². The molecule has 36 heavy (non-hydrogen) atoms. The van der Waals surface area contributed by atoms with E-state index in [0.29, 0.717) is 24.9 Å². The molecule has 0 bridgehead atoms. The van der Waals surface area contributed by atoms with Crippen molar-refractivity contribution in [2.24, 2.45) is 17.3 Å². The molecular weight excluding hydrogens is 482 g/mol. The molecule has 9 nitrogen and oxygen atoms in total. The van der Waals surface area contributed by atoms with Crippen LogP contribution in [0.15, 0.2) is 30.5 Å². The van der Waals surface area contributed by atoms with Gasteiger partial charge in [0, 0.05) is 68.0 Å². The summed E-state index contributed by atoms with van der Waals surface area (Å²) < 4.78 is 6.74. The summed E-state index contributed by atoms with van der Waals surface area (Å²) >= 11 is 6.75. The molecule has 1 spiro atoms. The predicted octanol–water partition coefficient (Wildman–Crippen LogP) is 3.27. The average Bonchev–Trinajstić information content (AvgIpc) is 3.65. The van der Waals surface area contributed by atoms with Crippen molar-refractivity contribution in [3.8, 4) is 0 Å². The molecule has 0 saturated carbocycles. The monoisotopic (exact) mass is 513 g/mol. The zero-order chi connectivity index (χ0) is 24.9. The van der Waals surface area contributed by atoms with E-state index in [1.807, 2.05) is 0 Å². The Morgan fingerprint density at radius 3 is 2.47 bits per heavy atom. The highest BCUT2D eigenvalue weighted by atomic mass is 35.5. The number of nitrogens with zero attached hydrogens (tertiary/aromatic N) is 5. The summed E-state index contributed by atoms with van der Waals surface area (Å²) in [5.41, 5.74) is 2.48. The lowest BCUT2D eigenvalue weighted by Crippen LogP contribution is -2.45. The second kappa shape index (κ2) is 9.36. The molecule has 1 aromatic carbocycles. The number of halogens is 1. The third kappa shape index (κ3) is 4.48. The highest BCUT2D eigenvalue weighted by molar-refractivity contribution is 6.31. The fourth-order valence-electron chi connectivity index (χ4n) is 6.43. The van der Waals surface area contributed by atoms with Crippen molar-refractivity contribution in [1.82, 2.24) is 19.6 Å². The number of anilines is 1. The fraction of sp³-hybridized carbons (Fsp3) is 0.577. The molecule has 6 rings (SSSR count). The van der Waals surface area contributed by atoms with Crippen LogP contribution in [0.25, 0.3) is 0 Å². The molecule has 1 aromatic heterocycles. The van der Waals surface area contributed by atoms with Crippen molar-refractivity contribution in [1.29, 1.82) is 0 Å². The largest absolute Gasteiger partial charge is 0.476 e. The molecule has 0 aliphatic carbocycles. The number of hydrogen-bond acceptors (Lipinski definition) is 6. The number of hydrogen-bond donors (Lipinski definition) is 1. The lowest BCUT2D eigenvalue weighted by atomic mass is 9.78. The molecule has 4 saturated heterocycles. The van der Waals surface area contributed by atoms with Gasteiger partial charge in [0.15, 0.2) is 5.69 Å². The quantitative estimate of drug-likeness (QED) is 0.671. The van der Waals surface area contributed by atoms with Crippen LogP contribution in [0.1, 0.15) is 35.3 Å². The summed E-state index contributed by atoms with van der Waals surface area (Å²) in [6.07, 6.45) is 4.42. The summed E-state index contributed by atoms with van der Waals surface area (Å²) in [7, 11) is 0. The molecule has 1 N–H and O–H groups in total. The van der Waals surface area contributed by atoms with E-state index < -0.39 is 5.97 Å². The van der Waals surface area contributed by atoms with Gasteiger partial charge in [-0.25, -0.2) is 9.59 Å². The number of aromatic carboxylic acids is 1. The van der Waals surface area contributed by atoms with Crippen molar-refractivity contribution in [3.63, 3.8) is 0 Å². The smallest absolute Gasteiger partial charge is 0.356 e. The standard InChI is InChI=1S/C26H32ClN5O4/c27-22-11-21(31-13-19-15-36-16-20(19)14-31)2-1-18(22)12-29-8-4-26(17-29)5-9-30(10-6-26)25(35)32-7-3-23(28-32)24(33)34/h1-3,7,11,19-20H,4-6,8-10,12-17H2,(H,33,34). The number of carboxylic acids is 1. The Kier molecular flexibility index (Phi) is 6.17. The normalized spacial score (nSPS) is 25.6. The maximum Gasteiger partial charge on any atom is 0.356 e. The van der Waals surface area contributed by atoms with E-state index >= 15 is 0 Å². The number of aromatic nitrogens is 2. The first kappa shape index (κ1) is 23.8. The third-order valence-electron chi connectivity index (χ3n) is 8.65. The molecule has 2 unspecified atom stereocenters. The molecule has 4 fully saturated rings. The number of fused-ring (bicyclic) bond motifs is 1. The number of likely N-dealkylation sites (tertiary alicyclic amines) is 2. The van der Waals surface area contributed by atoms with Crippen molar-refractivity contribution < 1.29 is 19.4 Å². The van der Waals surface area contributed by atoms with Crippen LogP contribution in [0.4, 0.5) is 10.5 Å². The number of carboxylic acid groups (broad SMARTS) is 1. The Morgan fingerprint density at radius 1 is 1.08 bits per heavy atom. The molecule has 192 valence electrons. The van der Waals surface area contributed by atoms with E-state index in [4.69, 9.17) is 21.4 Å². The van der Waals surface area contributed by atoms with Gasteiger partial charge in [-0.15, -0.1) is 0 Å². The Balaban J connectivity index is 1.03. The number of ether oxygens (including phenoxy) is 1. The van der Waals surface area contributed by atoms with Crippen molar-refractivity contribution in [2.75, 3.05) is 57.4 Å². The van der Waals surface area contributed by atoms with Gasteiger partial charge in [-0.3, -0.25) is 4.90 Å². The first-order chi connectivity index (χ1) is 17.4. The summed E-state index contributed by atoms with van der Waals surface area (Å²) in [4.78, 5) is 30.5. The van der Waals surface area contributed by atoms with E-state index in [9.17, 15) is 9.59 Å². The molecule has 4 aliphatic rings. The minimum atomic E-state index is -1.13. The van der Waals surface area contributed by atoms with Gasteiger partial charge in [0.25, 0.3) is 0 Å². The molecular formula is C26H32ClN5O4. The van der Waals surface area contributed by atoms with Gasteiger partial charge in [-0.05, 0) is 55.0 Å². The van der Waals surface area contributed by atoms with E-state index in [0.717, 1.165) is 74.9 Å². The molecule has 1 amide bonds. The maximum absolute atomic E-state index is 12.8. The molecule has 0 radical (unpaired) electrons. The van der Waals surface area contributed by atoms with Gasteiger partial charge in [-0.2, -0.15) is 9.78 Å². The summed E-state index contributed by atoms with van der Waals surface area (Å²) in [6, 6.07) is 7.62. The number of rotatable bonds is 4. The Morgan fingerprint density at radius 2 is 1.81 bits per heavy atom. The Hall–Kier alpha value is -2.62. The van der Waals surface area contributed by atoms with E-state index in [-0.39, 0.29) is 17.1 Å². The number of piperidine rings is 1. The van der Waals surface area contributed by atoms with E-state index in [1.165, 1.54) is 23.5 Å². The highest BCUT2D eigenvalue weighted by Crippen LogP contribution is 2.41. The molecule has 4 aliphatic heterocycles. The molecule has 5 heterocycles. The van der Waals surface area contributed by atoms with Crippen LogP contribution in [0.2, 0.25) is 5.02 Å². The van der Waals surface area contributed by atoms with Crippen LogP contribution >= 0.6 is 11.6 Å². The minimum Gasteiger partial charge on any atom is -0.476 e. The number of benzene rings is 1. The van der Waals surface area contributed by atoms with Crippen LogP contribution in [-0.4, -0.2) is 89.2 Å². The van der Waals surface area contributed by atoms with Crippen LogP contribution in [0.5, 0.6) is 0 Å². The van der Waals surface area contributed by atoms with Crippen LogP contribution in [0.3, 0.4) is 0 Å². The minimum absolute atomic E-state index is 0.118. The van der Waals surface area contributed by atoms with E-state index in [2.05, 4.69) is 33.1 Å². The van der Waals surface area contributed by atoms with Gasteiger partial charge in [0.1, 0.15) is 0 Å². The topological polar surface area (TPSA) is 91.1 Å². The summed E-state index contributed by atoms with van der Waals surface area (Å²) in [5.74, 6) is 0.161.